The molecule has 1 amide bonds. The minimum atomic E-state index is -0.241. The van der Waals surface area contributed by atoms with Gasteiger partial charge in [0.05, 0.1) is 16.5 Å². The molecule has 0 radical (unpaired) electrons. The lowest BCUT2D eigenvalue weighted by Gasteiger charge is -2.36. The quantitative estimate of drug-likeness (QED) is 0.818. The first-order valence-electron chi connectivity index (χ1n) is 7.75. The summed E-state index contributed by atoms with van der Waals surface area (Å²) >= 11 is 11.9. The highest BCUT2D eigenvalue weighted by molar-refractivity contribution is 6.42. The number of benzene rings is 2. The molecule has 0 bridgehead atoms. The maximum absolute atomic E-state index is 13.0. The van der Waals surface area contributed by atoms with Gasteiger partial charge in [-0.05, 0) is 42.0 Å². The third-order valence-corrected chi connectivity index (χ3v) is 4.90. The van der Waals surface area contributed by atoms with Crippen LogP contribution in [0.5, 0.6) is 0 Å². The first kappa shape index (κ1) is 17.1. The Bertz CT molecular complexity index is 728. The second kappa shape index (κ2) is 7.41. The van der Waals surface area contributed by atoms with Crippen molar-refractivity contribution in [3.05, 3.63) is 63.9 Å². The van der Waals surface area contributed by atoms with Gasteiger partial charge < -0.3 is 9.80 Å². The maximum atomic E-state index is 13.0. The van der Waals surface area contributed by atoms with Crippen molar-refractivity contribution in [1.29, 1.82) is 0 Å². The number of hydrogen-bond acceptors (Lipinski definition) is 2. The maximum Gasteiger partial charge on any atom is 0.227 e. The van der Waals surface area contributed by atoms with E-state index in [9.17, 15) is 9.18 Å². The highest BCUT2D eigenvalue weighted by atomic mass is 35.5. The minimum absolute atomic E-state index is 0.0761. The standard InChI is InChI=1S/C18H17Cl2FN2O/c19-16-6-1-13(11-17(16)20)12-18(24)23-9-7-22(8-10-23)15-4-2-14(21)3-5-15/h1-6,11H,7-10,12H2. The number of amides is 1. The Morgan fingerprint density at radius 1 is 0.958 bits per heavy atom. The fraction of sp³-hybridized carbons (Fsp3) is 0.278. The van der Waals surface area contributed by atoms with E-state index in [2.05, 4.69) is 4.90 Å². The molecular weight excluding hydrogens is 350 g/mol. The lowest BCUT2D eigenvalue weighted by molar-refractivity contribution is -0.130. The van der Waals surface area contributed by atoms with E-state index in [0.717, 1.165) is 24.3 Å². The van der Waals surface area contributed by atoms with Crippen LogP contribution in [0, 0.1) is 5.82 Å². The number of nitrogens with zero attached hydrogens (tertiary/aromatic N) is 2. The van der Waals surface area contributed by atoms with Gasteiger partial charge in [-0.15, -0.1) is 0 Å². The monoisotopic (exact) mass is 366 g/mol. The molecule has 2 aromatic carbocycles. The van der Waals surface area contributed by atoms with Crippen LogP contribution in [-0.2, 0) is 11.2 Å². The molecule has 1 aliphatic heterocycles. The summed E-state index contributed by atoms with van der Waals surface area (Å²) in [5.74, 6) is -0.165. The summed E-state index contributed by atoms with van der Waals surface area (Å²) in [6.45, 7) is 2.77. The molecule has 3 rings (SSSR count). The number of hydrogen-bond donors (Lipinski definition) is 0. The minimum Gasteiger partial charge on any atom is -0.368 e. The molecule has 126 valence electrons. The number of carbonyl (C=O) groups excluding carboxylic acids is 1. The molecule has 2 aromatic rings. The first-order chi connectivity index (χ1) is 11.5. The molecule has 24 heavy (non-hydrogen) atoms. The average molecular weight is 367 g/mol. The molecule has 0 saturated carbocycles. The van der Waals surface area contributed by atoms with E-state index in [0.29, 0.717) is 29.6 Å². The zero-order chi connectivity index (χ0) is 17.1. The zero-order valence-corrected chi connectivity index (χ0v) is 14.5. The summed E-state index contributed by atoms with van der Waals surface area (Å²) < 4.78 is 13.0. The number of rotatable bonds is 3. The lowest BCUT2D eigenvalue weighted by Crippen LogP contribution is -2.49. The molecule has 0 unspecified atom stereocenters. The van der Waals surface area contributed by atoms with Crippen LogP contribution in [0.1, 0.15) is 5.56 Å². The summed E-state index contributed by atoms with van der Waals surface area (Å²) in [4.78, 5) is 16.4. The molecule has 6 heteroatoms. The molecule has 0 spiro atoms. The molecule has 0 aliphatic carbocycles. The van der Waals surface area contributed by atoms with Crippen molar-refractivity contribution < 1.29 is 9.18 Å². The Morgan fingerprint density at radius 3 is 2.25 bits per heavy atom. The third-order valence-electron chi connectivity index (χ3n) is 4.16. The van der Waals surface area contributed by atoms with Gasteiger partial charge in [0.25, 0.3) is 0 Å². The second-order valence-corrected chi connectivity index (χ2v) is 6.58. The van der Waals surface area contributed by atoms with Crippen LogP contribution in [-0.4, -0.2) is 37.0 Å². The zero-order valence-electron chi connectivity index (χ0n) is 13.0. The van der Waals surface area contributed by atoms with E-state index < -0.39 is 0 Å². The number of carbonyl (C=O) groups is 1. The average Bonchev–Trinajstić information content (AvgIpc) is 2.59. The van der Waals surface area contributed by atoms with Crippen molar-refractivity contribution in [1.82, 2.24) is 4.90 Å². The largest absolute Gasteiger partial charge is 0.368 e. The molecule has 1 saturated heterocycles. The highest BCUT2D eigenvalue weighted by Gasteiger charge is 2.21. The third kappa shape index (κ3) is 4.00. The van der Waals surface area contributed by atoms with Crippen LogP contribution < -0.4 is 4.90 Å². The number of anilines is 1. The van der Waals surface area contributed by atoms with E-state index in [1.54, 1.807) is 24.3 Å². The molecule has 1 heterocycles. The summed E-state index contributed by atoms with van der Waals surface area (Å²) in [5, 5.41) is 0.948. The normalized spacial score (nSPS) is 14.8. The Hall–Kier alpha value is -1.78. The Labute approximate surface area is 150 Å². The Balaban J connectivity index is 1.56. The SMILES string of the molecule is O=C(Cc1ccc(Cl)c(Cl)c1)N1CCN(c2ccc(F)cc2)CC1. The van der Waals surface area contributed by atoms with Crippen LogP contribution in [0.3, 0.4) is 0 Å². The first-order valence-corrected chi connectivity index (χ1v) is 8.51. The fourth-order valence-corrected chi connectivity index (χ4v) is 3.12. The van der Waals surface area contributed by atoms with Gasteiger partial charge in [-0.3, -0.25) is 4.79 Å². The van der Waals surface area contributed by atoms with Crippen molar-refractivity contribution in [2.75, 3.05) is 31.1 Å². The van der Waals surface area contributed by atoms with Gasteiger partial charge >= 0.3 is 0 Å². The van der Waals surface area contributed by atoms with Crippen molar-refractivity contribution >= 4 is 34.8 Å². The topological polar surface area (TPSA) is 23.6 Å². The summed E-state index contributed by atoms with van der Waals surface area (Å²) in [6, 6.07) is 11.7. The molecule has 3 nitrogen and oxygen atoms in total. The van der Waals surface area contributed by atoms with E-state index in [1.807, 2.05) is 11.0 Å². The lowest BCUT2D eigenvalue weighted by atomic mass is 10.1. The van der Waals surface area contributed by atoms with Gasteiger partial charge in [-0.25, -0.2) is 4.39 Å². The van der Waals surface area contributed by atoms with Gasteiger partial charge in [-0.2, -0.15) is 0 Å². The van der Waals surface area contributed by atoms with Crippen LogP contribution in [0.2, 0.25) is 10.0 Å². The smallest absolute Gasteiger partial charge is 0.227 e. The van der Waals surface area contributed by atoms with Crippen LogP contribution in [0.4, 0.5) is 10.1 Å². The second-order valence-electron chi connectivity index (χ2n) is 5.77. The molecule has 1 fully saturated rings. The van der Waals surface area contributed by atoms with Crippen LogP contribution in [0.15, 0.2) is 42.5 Å². The predicted octanol–water partition coefficient (Wildman–Crippen LogP) is 4.02. The van der Waals surface area contributed by atoms with Crippen molar-refractivity contribution in [2.24, 2.45) is 0 Å². The fourth-order valence-electron chi connectivity index (χ4n) is 2.80. The molecule has 0 aromatic heterocycles. The Kier molecular flexibility index (Phi) is 5.27. The van der Waals surface area contributed by atoms with Crippen molar-refractivity contribution in [3.63, 3.8) is 0 Å². The molecular formula is C18H17Cl2FN2O. The predicted molar refractivity (Wildman–Crippen MR) is 95.4 cm³/mol. The molecule has 0 atom stereocenters. The number of halogens is 3. The van der Waals surface area contributed by atoms with Gasteiger partial charge in [-0.1, -0.05) is 29.3 Å². The van der Waals surface area contributed by atoms with E-state index >= 15 is 0 Å². The van der Waals surface area contributed by atoms with Gasteiger partial charge in [0.15, 0.2) is 0 Å². The van der Waals surface area contributed by atoms with Gasteiger partial charge in [0, 0.05) is 31.9 Å². The summed E-state index contributed by atoms with van der Waals surface area (Å²) in [5.41, 5.74) is 1.84. The van der Waals surface area contributed by atoms with E-state index in [1.165, 1.54) is 12.1 Å². The van der Waals surface area contributed by atoms with Gasteiger partial charge in [0.2, 0.25) is 5.91 Å². The van der Waals surface area contributed by atoms with Crippen molar-refractivity contribution in [2.45, 2.75) is 6.42 Å². The van der Waals surface area contributed by atoms with E-state index in [4.69, 9.17) is 23.2 Å². The summed E-state index contributed by atoms with van der Waals surface area (Å²) in [7, 11) is 0. The highest BCUT2D eigenvalue weighted by Crippen LogP contribution is 2.23. The molecule has 1 aliphatic rings. The Morgan fingerprint density at radius 2 is 1.62 bits per heavy atom. The van der Waals surface area contributed by atoms with Gasteiger partial charge in [0.1, 0.15) is 5.82 Å². The van der Waals surface area contributed by atoms with Crippen LogP contribution >= 0.6 is 23.2 Å². The van der Waals surface area contributed by atoms with E-state index in [-0.39, 0.29) is 11.7 Å². The molecule has 0 N–H and O–H groups in total. The number of piperazine rings is 1. The summed E-state index contributed by atoms with van der Waals surface area (Å²) in [6.07, 6.45) is 0.313. The van der Waals surface area contributed by atoms with Crippen molar-refractivity contribution in [3.8, 4) is 0 Å². The van der Waals surface area contributed by atoms with Crippen LogP contribution in [0.25, 0.3) is 0 Å².